The van der Waals surface area contributed by atoms with Crippen LogP contribution in [0.5, 0.6) is 0 Å². The number of rotatable bonds is 5. The molecule has 2 N–H and O–H groups in total. The number of hydrogen-bond donors (Lipinski definition) is 2. The third-order valence-corrected chi connectivity index (χ3v) is 5.41. The van der Waals surface area contributed by atoms with Crippen molar-refractivity contribution in [3.8, 4) is 0 Å². The lowest BCUT2D eigenvalue weighted by molar-refractivity contribution is -0.132. The number of carbonyl (C=O) groups excluding carboxylic acids is 1. The van der Waals surface area contributed by atoms with Crippen LogP contribution in [-0.4, -0.2) is 51.4 Å². The molecule has 122 valence electrons. The fourth-order valence-electron chi connectivity index (χ4n) is 2.33. The zero-order valence-corrected chi connectivity index (χ0v) is 14.8. The van der Waals surface area contributed by atoms with E-state index in [4.69, 9.17) is 0 Å². The highest BCUT2D eigenvalue weighted by atomic mass is 79.9. The van der Waals surface area contributed by atoms with Crippen molar-refractivity contribution >= 4 is 31.9 Å². The lowest BCUT2D eigenvalue weighted by Gasteiger charge is -2.32. The minimum absolute atomic E-state index is 0.0229. The quantitative estimate of drug-likeness (QED) is 0.785. The third-order valence-electron chi connectivity index (χ3n) is 3.46. The van der Waals surface area contributed by atoms with Crippen molar-refractivity contribution in [1.29, 1.82) is 0 Å². The molecule has 0 spiro atoms. The molecule has 1 fully saturated rings. The van der Waals surface area contributed by atoms with Gasteiger partial charge in [0.2, 0.25) is 15.9 Å². The fraction of sp³-hybridized carbons (Fsp3) is 0.500. The maximum atomic E-state index is 12.1. The standard InChI is InChI=1S/C14H20BrN3O3S/c1-11-10-18(8-7-16-11)14(19)5-6-17-22(20,21)13-4-2-3-12(15)9-13/h2-4,9,11,16-17H,5-8,10H2,1H3. The second-order valence-electron chi connectivity index (χ2n) is 5.30. The van der Waals surface area contributed by atoms with Crippen LogP contribution in [-0.2, 0) is 14.8 Å². The summed E-state index contributed by atoms with van der Waals surface area (Å²) in [5.74, 6) is -0.0229. The molecule has 6 nitrogen and oxygen atoms in total. The maximum Gasteiger partial charge on any atom is 0.240 e. The van der Waals surface area contributed by atoms with Gasteiger partial charge in [0, 0.05) is 43.1 Å². The zero-order chi connectivity index (χ0) is 16.2. The normalized spacial score (nSPS) is 19.2. The second-order valence-corrected chi connectivity index (χ2v) is 7.98. The Labute approximate surface area is 139 Å². The molecule has 1 aliphatic rings. The molecule has 0 radical (unpaired) electrons. The Hall–Kier alpha value is -0.960. The molecule has 1 aromatic carbocycles. The first-order valence-electron chi connectivity index (χ1n) is 7.15. The van der Waals surface area contributed by atoms with Crippen LogP contribution in [0.3, 0.4) is 0 Å². The van der Waals surface area contributed by atoms with E-state index in [1.54, 1.807) is 17.0 Å². The van der Waals surface area contributed by atoms with E-state index in [-0.39, 0.29) is 29.8 Å². The van der Waals surface area contributed by atoms with Gasteiger partial charge in [0.1, 0.15) is 0 Å². The molecule has 1 atom stereocenters. The van der Waals surface area contributed by atoms with Crippen LogP contribution in [0.2, 0.25) is 0 Å². The van der Waals surface area contributed by atoms with Crippen LogP contribution in [0.4, 0.5) is 0 Å². The summed E-state index contributed by atoms with van der Waals surface area (Å²) in [5.41, 5.74) is 0. The first kappa shape index (κ1) is 17.4. The van der Waals surface area contributed by atoms with E-state index in [1.165, 1.54) is 12.1 Å². The van der Waals surface area contributed by atoms with Crippen LogP contribution >= 0.6 is 15.9 Å². The minimum atomic E-state index is -3.58. The van der Waals surface area contributed by atoms with Gasteiger partial charge in [0.25, 0.3) is 0 Å². The summed E-state index contributed by atoms with van der Waals surface area (Å²) in [7, 11) is -3.58. The van der Waals surface area contributed by atoms with Crippen LogP contribution in [0.25, 0.3) is 0 Å². The van der Waals surface area contributed by atoms with Gasteiger partial charge >= 0.3 is 0 Å². The van der Waals surface area contributed by atoms with E-state index < -0.39 is 10.0 Å². The summed E-state index contributed by atoms with van der Waals surface area (Å²) >= 11 is 3.24. The Morgan fingerprint density at radius 3 is 2.95 bits per heavy atom. The van der Waals surface area contributed by atoms with Crippen LogP contribution in [0.1, 0.15) is 13.3 Å². The molecule has 22 heavy (non-hydrogen) atoms. The number of sulfonamides is 1. The summed E-state index contributed by atoms with van der Waals surface area (Å²) in [6, 6.07) is 6.74. The average Bonchev–Trinajstić information content (AvgIpc) is 2.47. The molecular weight excluding hydrogens is 370 g/mol. The highest BCUT2D eigenvalue weighted by Gasteiger charge is 2.21. The predicted molar refractivity (Wildman–Crippen MR) is 88.0 cm³/mol. The number of nitrogens with zero attached hydrogens (tertiary/aromatic N) is 1. The van der Waals surface area contributed by atoms with E-state index in [9.17, 15) is 13.2 Å². The molecule has 1 heterocycles. The SMILES string of the molecule is CC1CN(C(=O)CCNS(=O)(=O)c2cccc(Br)c2)CCN1. The van der Waals surface area contributed by atoms with Gasteiger partial charge in [-0.3, -0.25) is 4.79 Å². The van der Waals surface area contributed by atoms with Crippen molar-refractivity contribution in [3.05, 3.63) is 28.7 Å². The number of nitrogens with one attached hydrogen (secondary N) is 2. The van der Waals surface area contributed by atoms with Gasteiger partial charge in [0.05, 0.1) is 4.90 Å². The Bertz CT molecular complexity index is 636. The first-order chi connectivity index (χ1) is 10.4. The molecule has 0 bridgehead atoms. The molecule has 0 aromatic heterocycles. The molecule has 2 rings (SSSR count). The van der Waals surface area contributed by atoms with Crippen molar-refractivity contribution in [3.63, 3.8) is 0 Å². The van der Waals surface area contributed by atoms with Crippen molar-refractivity contribution in [1.82, 2.24) is 14.9 Å². The van der Waals surface area contributed by atoms with Gasteiger partial charge in [-0.2, -0.15) is 0 Å². The molecule has 8 heteroatoms. The van der Waals surface area contributed by atoms with Crippen molar-refractivity contribution in [2.24, 2.45) is 0 Å². The van der Waals surface area contributed by atoms with E-state index in [2.05, 4.69) is 26.0 Å². The Morgan fingerprint density at radius 2 is 2.27 bits per heavy atom. The lowest BCUT2D eigenvalue weighted by atomic mass is 10.2. The number of benzene rings is 1. The average molecular weight is 390 g/mol. The lowest BCUT2D eigenvalue weighted by Crippen LogP contribution is -2.51. The first-order valence-corrected chi connectivity index (χ1v) is 9.42. The van der Waals surface area contributed by atoms with Gasteiger partial charge in [-0.05, 0) is 25.1 Å². The minimum Gasteiger partial charge on any atom is -0.340 e. The number of halogens is 1. The second kappa shape index (κ2) is 7.54. The number of piperazine rings is 1. The predicted octanol–water partition coefficient (Wildman–Crippen LogP) is 0.938. The Kier molecular flexibility index (Phi) is 5.96. The van der Waals surface area contributed by atoms with Gasteiger partial charge in [-0.25, -0.2) is 13.1 Å². The number of hydrogen-bond acceptors (Lipinski definition) is 4. The molecule has 0 saturated carbocycles. The Morgan fingerprint density at radius 1 is 1.50 bits per heavy atom. The fourth-order valence-corrected chi connectivity index (χ4v) is 3.95. The highest BCUT2D eigenvalue weighted by molar-refractivity contribution is 9.10. The van der Waals surface area contributed by atoms with Crippen LogP contribution in [0.15, 0.2) is 33.6 Å². The van der Waals surface area contributed by atoms with Crippen LogP contribution in [0, 0.1) is 0 Å². The van der Waals surface area contributed by atoms with Crippen LogP contribution < -0.4 is 10.0 Å². The van der Waals surface area contributed by atoms with E-state index in [0.717, 1.165) is 6.54 Å². The monoisotopic (exact) mass is 389 g/mol. The summed E-state index contributed by atoms with van der Waals surface area (Å²) in [6.07, 6.45) is 0.167. The molecule has 1 amide bonds. The van der Waals surface area contributed by atoms with Crippen molar-refractivity contribution < 1.29 is 13.2 Å². The zero-order valence-electron chi connectivity index (χ0n) is 12.4. The van der Waals surface area contributed by atoms with E-state index in [1.807, 2.05) is 6.92 Å². The third kappa shape index (κ3) is 4.77. The number of amides is 1. The van der Waals surface area contributed by atoms with Crippen molar-refractivity contribution in [2.75, 3.05) is 26.2 Å². The maximum absolute atomic E-state index is 12.1. The molecular formula is C14H20BrN3O3S. The Balaban J connectivity index is 1.86. The van der Waals surface area contributed by atoms with Crippen molar-refractivity contribution in [2.45, 2.75) is 24.3 Å². The molecule has 1 saturated heterocycles. The summed E-state index contributed by atoms with van der Waals surface area (Å²) in [6.45, 7) is 4.23. The molecule has 1 aliphatic heterocycles. The smallest absolute Gasteiger partial charge is 0.240 e. The molecule has 1 aromatic rings. The van der Waals surface area contributed by atoms with Gasteiger partial charge in [0.15, 0.2) is 0 Å². The summed E-state index contributed by atoms with van der Waals surface area (Å²) < 4.78 is 27.4. The molecule has 0 aliphatic carbocycles. The van der Waals surface area contributed by atoms with E-state index in [0.29, 0.717) is 17.6 Å². The number of carbonyl (C=O) groups is 1. The van der Waals surface area contributed by atoms with Gasteiger partial charge < -0.3 is 10.2 Å². The molecule has 1 unspecified atom stereocenters. The topological polar surface area (TPSA) is 78.5 Å². The summed E-state index contributed by atoms with van der Waals surface area (Å²) in [4.78, 5) is 14.0. The summed E-state index contributed by atoms with van der Waals surface area (Å²) in [5, 5.41) is 3.26. The van der Waals surface area contributed by atoms with E-state index >= 15 is 0 Å². The highest BCUT2D eigenvalue weighted by Crippen LogP contribution is 2.15. The largest absolute Gasteiger partial charge is 0.340 e. The van der Waals surface area contributed by atoms with Gasteiger partial charge in [-0.15, -0.1) is 0 Å². The van der Waals surface area contributed by atoms with Gasteiger partial charge in [-0.1, -0.05) is 22.0 Å².